The second-order valence-electron chi connectivity index (χ2n) is 5.92. The summed E-state index contributed by atoms with van der Waals surface area (Å²) in [5.74, 6) is 0.169. The maximum absolute atomic E-state index is 12.7. The van der Waals surface area contributed by atoms with Crippen LogP contribution in [0.2, 0.25) is 0 Å². The van der Waals surface area contributed by atoms with Gasteiger partial charge in [0.05, 0.1) is 17.7 Å². The minimum Gasteiger partial charge on any atom is -0.349 e. The van der Waals surface area contributed by atoms with Gasteiger partial charge in [0, 0.05) is 24.8 Å². The fourth-order valence-electron chi connectivity index (χ4n) is 2.99. The van der Waals surface area contributed by atoms with Gasteiger partial charge in [-0.15, -0.1) is 0 Å². The van der Waals surface area contributed by atoms with Gasteiger partial charge in [-0.25, -0.2) is 0 Å². The zero-order valence-electron chi connectivity index (χ0n) is 13.0. The lowest BCUT2D eigenvalue weighted by Gasteiger charge is -2.36. The van der Waals surface area contributed by atoms with E-state index >= 15 is 0 Å². The first-order valence-corrected chi connectivity index (χ1v) is 7.50. The SMILES string of the molecule is CCC1(C(=O)NC(C)c2cnn(C)c2C)CCCNC1. The van der Waals surface area contributed by atoms with Crippen LogP contribution in [0.25, 0.3) is 0 Å². The van der Waals surface area contributed by atoms with Gasteiger partial charge in [-0.2, -0.15) is 5.10 Å². The van der Waals surface area contributed by atoms with E-state index in [0.717, 1.165) is 43.6 Å². The van der Waals surface area contributed by atoms with Gasteiger partial charge in [-0.3, -0.25) is 9.48 Å². The second-order valence-corrected chi connectivity index (χ2v) is 5.92. The lowest BCUT2D eigenvalue weighted by atomic mass is 9.77. The highest BCUT2D eigenvalue weighted by Gasteiger charge is 2.38. The Morgan fingerprint density at radius 3 is 2.90 bits per heavy atom. The van der Waals surface area contributed by atoms with E-state index in [2.05, 4.69) is 22.7 Å². The second kappa shape index (κ2) is 5.95. The van der Waals surface area contributed by atoms with Crippen LogP contribution in [0.5, 0.6) is 0 Å². The monoisotopic (exact) mass is 278 g/mol. The molecule has 1 aromatic rings. The lowest BCUT2D eigenvalue weighted by molar-refractivity contribution is -0.133. The molecule has 2 rings (SSSR count). The number of hydrogen-bond donors (Lipinski definition) is 2. The largest absolute Gasteiger partial charge is 0.349 e. The first-order chi connectivity index (χ1) is 9.50. The third-order valence-electron chi connectivity index (χ3n) is 4.72. The fraction of sp³-hybridized carbons (Fsp3) is 0.733. The van der Waals surface area contributed by atoms with Gasteiger partial charge in [-0.1, -0.05) is 6.92 Å². The molecule has 0 aliphatic carbocycles. The molecule has 0 bridgehead atoms. The molecule has 0 aromatic carbocycles. The van der Waals surface area contributed by atoms with E-state index < -0.39 is 0 Å². The topological polar surface area (TPSA) is 59.0 Å². The summed E-state index contributed by atoms with van der Waals surface area (Å²) in [6.45, 7) is 7.97. The molecule has 112 valence electrons. The van der Waals surface area contributed by atoms with Crippen LogP contribution in [-0.4, -0.2) is 28.8 Å². The number of nitrogens with one attached hydrogen (secondary N) is 2. The minimum atomic E-state index is -0.247. The quantitative estimate of drug-likeness (QED) is 0.881. The van der Waals surface area contributed by atoms with Crippen LogP contribution in [0, 0.1) is 12.3 Å². The average Bonchev–Trinajstić information content (AvgIpc) is 2.79. The number of carbonyl (C=O) groups excluding carboxylic acids is 1. The van der Waals surface area contributed by atoms with Crippen molar-refractivity contribution in [2.45, 2.75) is 46.1 Å². The Labute approximate surface area is 121 Å². The van der Waals surface area contributed by atoms with Crippen LogP contribution in [0.3, 0.4) is 0 Å². The third-order valence-corrected chi connectivity index (χ3v) is 4.72. The van der Waals surface area contributed by atoms with Crippen LogP contribution >= 0.6 is 0 Å². The van der Waals surface area contributed by atoms with E-state index in [1.54, 1.807) is 0 Å². The van der Waals surface area contributed by atoms with Gasteiger partial charge >= 0.3 is 0 Å². The first kappa shape index (κ1) is 15.0. The van der Waals surface area contributed by atoms with Gasteiger partial charge in [0.25, 0.3) is 0 Å². The van der Waals surface area contributed by atoms with Gasteiger partial charge in [0.1, 0.15) is 0 Å². The van der Waals surface area contributed by atoms with Crippen molar-refractivity contribution in [3.8, 4) is 0 Å². The van der Waals surface area contributed by atoms with Crippen molar-refractivity contribution in [1.82, 2.24) is 20.4 Å². The van der Waals surface area contributed by atoms with Gasteiger partial charge in [0.2, 0.25) is 5.91 Å². The minimum absolute atomic E-state index is 0.00144. The summed E-state index contributed by atoms with van der Waals surface area (Å²) in [6.07, 6.45) is 4.77. The maximum Gasteiger partial charge on any atom is 0.227 e. The molecule has 1 amide bonds. The van der Waals surface area contributed by atoms with Crippen molar-refractivity contribution in [3.05, 3.63) is 17.5 Å². The molecule has 20 heavy (non-hydrogen) atoms. The Hall–Kier alpha value is -1.36. The van der Waals surface area contributed by atoms with Crippen molar-refractivity contribution >= 4 is 5.91 Å². The summed E-state index contributed by atoms with van der Waals surface area (Å²) in [5, 5.41) is 10.8. The zero-order valence-corrected chi connectivity index (χ0v) is 13.0. The molecular weight excluding hydrogens is 252 g/mol. The molecule has 0 saturated carbocycles. The van der Waals surface area contributed by atoms with E-state index in [1.807, 2.05) is 31.8 Å². The van der Waals surface area contributed by atoms with E-state index in [-0.39, 0.29) is 17.4 Å². The van der Waals surface area contributed by atoms with Crippen LogP contribution in [0.15, 0.2) is 6.20 Å². The summed E-state index contributed by atoms with van der Waals surface area (Å²) in [5.41, 5.74) is 1.95. The van der Waals surface area contributed by atoms with Gasteiger partial charge < -0.3 is 10.6 Å². The highest BCUT2D eigenvalue weighted by Crippen LogP contribution is 2.31. The molecule has 1 aliphatic heterocycles. The smallest absolute Gasteiger partial charge is 0.227 e. The molecular formula is C15H26N4O. The normalized spacial score (nSPS) is 24.4. The molecule has 0 spiro atoms. The Kier molecular flexibility index (Phi) is 4.48. The van der Waals surface area contributed by atoms with Crippen molar-refractivity contribution in [2.75, 3.05) is 13.1 Å². The molecule has 2 atom stereocenters. The third kappa shape index (κ3) is 2.73. The molecule has 5 heteroatoms. The highest BCUT2D eigenvalue weighted by atomic mass is 16.2. The number of aromatic nitrogens is 2. The predicted molar refractivity (Wildman–Crippen MR) is 79.3 cm³/mol. The number of piperidine rings is 1. The number of aryl methyl sites for hydroxylation is 1. The molecule has 0 radical (unpaired) electrons. The van der Waals surface area contributed by atoms with Crippen molar-refractivity contribution in [1.29, 1.82) is 0 Å². The fourth-order valence-corrected chi connectivity index (χ4v) is 2.99. The van der Waals surface area contributed by atoms with Gasteiger partial charge in [-0.05, 0) is 39.7 Å². The lowest BCUT2D eigenvalue weighted by Crippen LogP contribution is -2.50. The zero-order chi connectivity index (χ0) is 14.8. The van der Waals surface area contributed by atoms with Gasteiger partial charge in [0.15, 0.2) is 0 Å². The summed E-state index contributed by atoms with van der Waals surface area (Å²) >= 11 is 0. The molecule has 2 N–H and O–H groups in total. The Morgan fingerprint density at radius 2 is 2.40 bits per heavy atom. The Bertz CT molecular complexity index is 474. The van der Waals surface area contributed by atoms with E-state index in [9.17, 15) is 4.79 Å². The van der Waals surface area contributed by atoms with Crippen molar-refractivity contribution in [2.24, 2.45) is 12.5 Å². The molecule has 1 aromatic heterocycles. The molecule has 1 aliphatic rings. The van der Waals surface area contributed by atoms with Crippen LogP contribution < -0.4 is 10.6 Å². The summed E-state index contributed by atoms with van der Waals surface area (Å²) in [4.78, 5) is 12.7. The van der Waals surface area contributed by atoms with Crippen molar-refractivity contribution < 1.29 is 4.79 Å². The van der Waals surface area contributed by atoms with Crippen LogP contribution in [0.1, 0.15) is 50.4 Å². The van der Waals surface area contributed by atoms with E-state index in [1.165, 1.54) is 0 Å². The number of rotatable bonds is 4. The first-order valence-electron chi connectivity index (χ1n) is 7.50. The standard InChI is InChI=1S/C15H26N4O/c1-5-15(7-6-8-16-10-15)14(20)18-11(2)13-9-17-19(4)12(13)3/h9,11,16H,5-8,10H2,1-4H3,(H,18,20). The van der Waals surface area contributed by atoms with Crippen molar-refractivity contribution in [3.63, 3.8) is 0 Å². The van der Waals surface area contributed by atoms with E-state index in [0.29, 0.717) is 0 Å². The molecule has 1 saturated heterocycles. The number of nitrogens with zero attached hydrogens (tertiary/aromatic N) is 2. The molecule has 1 fully saturated rings. The number of amides is 1. The Morgan fingerprint density at radius 1 is 1.65 bits per heavy atom. The van der Waals surface area contributed by atoms with Crippen LogP contribution in [-0.2, 0) is 11.8 Å². The molecule has 2 unspecified atom stereocenters. The highest BCUT2D eigenvalue weighted by molar-refractivity contribution is 5.83. The number of carbonyl (C=O) groups is 1. The maximum atomic E-state index is 12.7. The summed E-state index contributed by atoms with van der Waals surface area (Å²) < 4.78 is 1.84. The average molecular weight is 278 g/mol. The molecule has 2 heterocycles. The number of hydrogen-bond acceptors (Lipinski definition) is 3. The molecule has 5 nitrogen and oxygen atoms in total. The van der Waals surface area contributed by atoms with Crippen LogP contribution in [0.4, 0.5) is 0 Å². The summed E-state index contributed by atoms with van der Waals surface area (Å²) in [6, 6.07) is 0.00144. The van der Waals surface area contributed by atoms with E-state index in [4.69, 9.17) is 0 Å². The Balaban J connectivity index is 2.08. The predicted octanol–water partition coefficient (Wildman–Crippen LogP) is 1.69. The summed E-state index contributed by atoms with van der Waals surface area (Å²) in [7, 11) is 1.92.